The fourth-order valence-corrected chi connectivity index (χ4v) is 2.26. The normalized spacial score (nSPS) is 10.2. The van der Waals surface area contributed by atoms with Gasteiger partial charge < -0.3 is 10.6 Å². The summed E-state index contributed by atoms with van der Waals surface area (Å²) in [6.45, 7) is 0. The van der Waals surface area contributed by atoms with Gasteiger partial charge in [-0.15, -0.1) is 0 Å². The fraction of sp³-hybridized carbons (Fsp3) is 0. The molecule has 2 aromatic carbocycles. The lowest BCUT2D eigenvalue weighted by molar-refractivity contribution is 0.102. The standard InChI is InChI=1S/C17H12Cl2N4O/c18-13-7-6-12(10-14(13)19)21-16(24)15-8-9-20-17(23-15)22-11-4-2-1-3-5-11/h1-10H,(H,21,24)(H,20,22,23). The van der Waals surface area contributed by atoms with E-state index in [2.05, 4.69) is 20.6 Å². The number of nitrogens with zero attached hydrogens (tertiary/aromatic N) is 2. The molecule has 120 valence electrons. The van der Waals surface area contributed by atoms with E-state index in [-0.39, 0.29) is 11.6 Å². The second-order valence-corrected chi connectivity index (χ2v) is 5.65. The molecule has 0 atom stereocenters. The lowest BCUT2D eigenvalue weighted by Gasteiger charge is -2.08. The van der Waals surface area contributed by atoms with E-state index in [1.165, 1.54) is 12.3 Å². The molecule has 0 fully saturated rings. The number of halogens is 2. The molecule has 3 aromatic rings. The third-order valence-corrected chi connectivity index (χ3v) is 3.83. The van der Waals surface area contributed by atoms with Crippen LogP contribution in [0.25, 0.3) is 0 Å². The van der Waals surface area contributed by atoms with Crippen LogP contribution < -0.4 is 10.6 Å². The highest BCUT2D eigenvalue weighted by Gasteiger charge is 2.10. The molecule has 1 heterocycles. The quantitative estimate of drug-likeness (QED) is 0.704. The van der Waals surface area contributed by atoms with Gasteiger partial charge in [0.1, 0.15) is 5.69 Å². The second-order valence-electron chi connectivity index (χ2n) is 4.84. The molecule has 24 heavy (non-hydrogen) atoms. The van der Waals surface area contributed by atoms with Crippen molar-refractivity contribution >= 4 is 46.4 Å². The van der Waals surface area contributed by atoms with Gasteiger partial charge in [-0.1, -0.05) is 41.4 Å². The van der Waals surface area contributed by atoms with E-state index in [0.29, 0.717) is 21.7 Å². The highest BCUT2D eigenvalue weighted by Crippen LogP contribution is 2.25. The van der Waals surface area contributed by atoms with Crippen LogP contribution in [0.5, 0.6) is 0 Å². The molecule has 5 nitrogen and oxygen atoms in total. The minimum atomic E-state index is -0.369. The number of carbonyl (C=O) groups excluding carboxylic acids is 1. The third-order valence-electron chi connectivity index (χ3n) is 3.10. The number of amides is 1. The molecule has 1 amide bonds. The van der Waals surface area contributed by atoms with Crippen molar-refractivity contribution in [3.8, 4) is 0 Å². The van der Waals surface area contributed by atoms with Crippen molar-refractivity contribution in [2.24, 2.45) is 0 Å². The van der Waals surface area contributed by atoms with Crippen LogP contribution in [0.1, 0.15) is 10.5 Å². The van der Waals surface area contributed by atoms with Crippen LogP contribution >= 0.6 is 23.2 Å². The zero-order valence-electron chi connectivity index (χ0n) is 12.3. The van der Waals surface area contributed by atoms with E-state index < -0.39 is 0 Å². The van der Waals surface area contributed by atoms with Crippen LogP contribution in [0, 0.1) is 0 Å². The number of hydrogen-bond acceptors (Lipinski definition) is 4. The molecule has 0 bridgehead atoms. The first-order chi connectivity index (χ1) is 11.6. The molecule has 0 aliphatic carbocycles. The average molecular weight is 359 g/mol. The minimum absolute atomic E-state index is 0.231. The Balaban J connectivity index is 1.75. The molecule has 0 spiro atoms. The summed E-state index contributed by atoms with van der Waals surface area (Å²) in [4.78, 5) is 20.6. The Hall–Kier alpha value is -2.63. The SMILES string of the molecule is O=C(Nc1ccc(Cl)c(Cl)c1)c1ccnc(Nc2ccccc2)n1. The van der Waals surface area contributed by atoms with Gasteiger partial charge in [0.2, 0.25) is 5.95 Å². The van der Waals surface area contributed by atoms with Crippen molar-refractivity contribution in [2.45, 2.75) is 0 Å². The van der Waals surface area contributed by atoms with Gasteiger partial charge in [-0.2, -0.15) is 0 Å². The van der Waals surface area contributed by atoms with Crippen LogP contribution in [0.3, 0.4) is 0 Å². The first-order valence-corrected chi connectivity index (χ1v) is 7.79. The van der Waals surface area contributed by atoms with Crippen molar-refractivity contribution in [1.29, 1.82) is 0 Å². The largest absolute Gasteiger partial charge is 0.324 e. The van der Waals surface area contributed by atoms with E-state index in [4.69, 9.17) is 23.2 Å². The van der Waals surface area contributed by atoms with Crippen LogP contribution in [0.4, 0.5) is 17.3 Å². The summed E-state index contributed by atoms with van der Waals surface area (Å²) >= 11 is 11.8. The highest BCUT2D eigenvalue weighted by molar-refractivity contribution is 6.42. The van der Waals surface area contributed by atoms with Crippen molar-refractivity contribution < 1.29 is 4.79 Å². The van der Waals surface area contributed by atoms with Crippen LogP contribution in [0.15, 0.2) is 60.8 Å². The summed E-state index contributed by atoms with van der Waals surface area (Å²) in [7, 11) is 0. The van der Waals surface area contributed by atoms with Crippen LogP contribution in [-0.2, 0) is 0 Å². The highest BCUT2D eigenvalue weighted by atomic mass is 35.5. The molecule has 0 saturated heterocycles. The van der Waals surface area contributed by atoms with E-state index in [0.717, 1.165) is 5.69 Å². The maximum atomic E-state index is 12.3. The Kier molecular flexibility index (Phi) is 4.93. The summed E-state index contributed by atoms with van der Waals surface area (Å²) in [6, 6.07) is 15.8. The zero-order valence-corrected chi connectivity index (χ0v) is 13.8. The van der Waals surface area contributed by atoms with E-state index >= 15 is 0 Å². The Labute approximate surface area is 148 Å². The lowest BCUT2D eigenvalue weighted by atomic mass is 10.3. The second kappa shape index (κ2) is 7.29. The predicted octanol–water partition coefficient (Wildman–Crippen LogP) is 4.78. The molecule has 0 radical (unpaired) electrons. The predicted molar refractivity (Wildman–Crippen MR) is 96.2 cm³/mol. The van der Waals surface area contributed by atoms with Gasteiger partial charge >= 0.3 is 0 Å². The van der Waals surface area contributed by atoms with Crippen molar-refractivity contribution in [1.82, 2.24) is 9.97 Å². The maximum absolute atomic E-state index is 12.3. The molecular formula is C17H12Cl2N4O. The third kappa shape index (κ3) is 4.01. The Morgan fingerprint density at radius 1 is 0.917 bits per heavy atom. The summed E-state index contributed by atoms with van der Waals surface area (Å²) < 4.78 is 0. The Morgan fingerprint density at radius 3 is 2.46 bits per heavy atom. The Bertz CT molecular complexity index is 871. The summed E-state index contributed by atoms with van der Waals surface area (Å²) in [5, 5.41) is 6.54. The van der Waals surface area contributed by atoms with Crippen molar-refractivity contribution in [3.63, 3.8) is 0 Å². The van der Waals surface area contributed by atoms with E-state index in [9.17, 15) is 4.79 Å². The first kappa shape index (κ1) is 16.2. The van der Waals surface area contributed by atoms with Gasteiger partial charge in [0.15, 0.2) is 0 Å². The van der Waals surface area contributed by atoms with Gasteiger partial charge in [-0.3, -0.25) is 4.79 Å². The molecule has 0 saturated carbocycles. The van der Waals surface area contributed by atoms with Gasteiger partial charge in [0.05, 0.1) is 10.0 Å². The molecular weight excluding hydrogens is 347 g/mol. The zero-order chi connectivity index (χ0) is 16.9. The van der Waals surface area contributed by atoms with E-state index in [1.54, 1.807) is 18.2 Å². The summed E-state index contributed by atoms with van der Waals surface area (Å²) in [5.74, 6) is -0.0325. The summed E-state index contributed by atoms with van der Waals surface area (Å²) in [6.07, 6.45) is 1.52. The molecule has 2 N–H and O–H groups in total. The van der Waals surface area contributed by atoms with Gasteiger partial charge in [-0.05, 0) is 36.4 Å². The molecule has 1 aromatic heterocycles. The summed E-state index contributed by atoms with van der Waals surface area (Å²) in [5.41, 5.74) is 1.60. The van der Waals surface area contributed by atoms with Crippen LogP contribution in [-0.4, -0.2) is 15.9 Å². The lowest BCUT2D eigenvalue weighted by Crippen LogP contribution is -2.14. The number of para-hydroxylation sites is 1. The first-order valence-electron chi connectivity index (χ1n) is 7.03. The van der Waals surface area contributed by atoms with Gasteiger partial charge in [0.25, 0.3) is 5.91 Å². The average Bonchev–Trinajstić information content (AvgIpc) is 2.59. The number of rotatable bonds is 4. The molecule has 0 aliphatic heterocycles. The number of anilines is 3. The van der Waals surface area contributed by atoms with Gasteiger partial charge in [0, 0.05) is 17.6 Å². The molecule has 3 rings (SSSR count). The van der Waals surface area contributed by atoms with Crippen LogP contribution in [0.2, 0.25) is 10.0 Å². The Morgan fingerprint density at radius 2 is 1.71 bits per heavy atom. The molecule has 7 heteroatoms. The van der Waals surface area contributed by atoms with E-state index in [1.807, 2.05) is 30.3 Å². The smallest absolute Gasteiger partial charge is 0.274 e. The topological polar surface area (TPSA) is 66.9 Å². The van der Waals surface area contributed by atoms with Gasteiger partial charge in [-0.25, -0.2) is 9.97 Å². The van der Waals surface area contributed by atoms with Crippen molar-refractivity contribution in [2.75, 3.05) is 10.6 Å². The minimum Gasteiger partial charge on any atom is -0.324 e. The van der Waals surface area contributed by atoms with Crippen molar-refractivity contribution in [3.05, 3.63) is 76.5 Å². The fourth-order valence-electron chi connectivity index (χ4n) is 1.96. The number of benzene rings is 2. The maximum Gasteiger partial charge on any atom is 0.274 e. The number of aromatic nitrogens is 2. The molecule has 0 aliphatic rings. The number of hydrogen-bond donors (Lipinski definition) is 2. The number of carbonyl (C=O) groups is 1. The molecule has 0 unspecified atom stereocenters. The monoisotopic (exact) mass is 358 g/mol. The number of nitrogens with one attached hydrogen (secondary N) is 2.